The van der Waals surface area contributed by atoms with Crippen molar-refractivity contribution in [1.82, 2.24) is 9.55 Å². The summed E-state index contributed by atoms with van der Waals surface area (Å²) in [6, 6.07) is 0. The normalized spacial score (nSPS) is 12.9. The second-order valence-corrected chi connectivity index (χ2v) is 3.18. The third kappa shape index (κ3) is 1.83. The first-order chi connectivity index (χ1) is 5.65. The molecule has 0 radical (unpaired) electrons. The summed E-state index contributed by atoms with van der Waals surface area (Å²) in [4.78, 5) is 3.90. The van der Waals surface area contributed by atoms with E-state index in [0.717, 1.165) is 0 Å². The highest BCUT2D eigenvalue weighted by Crippen LogP contribution is 2.10. The summed E-state index contributed by atoms with van der Waals surface area (Å²) in [5.74, 6) is 0.452. The zero-order valence-electron chi connectivity index (χ0n) is 6.93. The molecule has 0 N–H and O–H groups in total. The van der Waals surface area contributed by atoms with Gasteiger partial charge in [0.2, 0.25) is 0 Å². The van der Waals surface area contributed by atoms with Crippen LogP contribution in [-0.4, -0.2) is 24.9 Å². The number of imidazole rings is 1. The van der Waals surface area contributed by atoms with Gasteiger partial charge in [0.25, 0.3) is 0 Å². The molecule has 1 unspecified atom stereocenters. The molecule has 1 atom stereocenters. The van der Waals surface area contributed by atoms with E-state index in [2.05, 4.69) is 4.98 Å². The van der Waals surface area contributed by atoms with Crippen molar-refractivity contribution in [3.05, 3.63) is 12.5 Å². The molecule has 0 saturated carbocycles. The summed E-state index contributed by atoms with van der Waals surface area (Å²) in [5, 5.41) is 0. The molecule has 1 heterocycles. The molecular weight excluding hydrogens is 178 g/mol. The summed E-state index contributed by atoms with van der Waals surface area (Å²) >= 11 is -2.23. The molecular formula is C6H10N3O2S-. The summed E-state index contributed by atoms with van der Waals surface area (Å²) in [6.07, 6.45) is 3.21. The molecule has 5 nitrogen and oxygen atoms in total. The van der Waals surface area contributed by atoms with E-state index in [4.69, 9.17) is 0 Å². The molecule has 12 heavy (non-hydrogen) atoms. The Hall–Kier alpha value is -0.880. The number of aryl methyl sites for hydroxylation is 1. The van der Waals surface area contributed by atoms with Crippen LogP contribution < -0.4 is 4.31 Å². The average molecular weight is 188 g/mol. The maximum absolute atomic E-state index is 10.6. The van der Waals surface area contributed by atoms with Gasteiger partial charge < -0.3 is 9.12 Å². The van der Waals surface area contributed by atoms with Crippen LogP contribution in [0.25, 0.3) is 0 Å². The maximum Gasteiger partial charge on any atom is 0.157 e. The Morgan fingerprint density at radius 1 is 1.83 bits per heavy atom. The zero-order valence-corrected chi connectivity index (χ0v) is 7.74. The highest BCUT2D eigenvalue weighted by atomic mass is 32.2. The standard InChI is InChI=1S/C6H11N3O2S/c1-3-9(12(10)11)6-4-8(2)5-7-6/h4-5H,3H2,1-2H3,(H,10,11)/p-1. The van der Waals surface area contributed by atoms with Crippen LogP contribution in [0, 0.1) is 0 Å². The predicted molar refractivity (Wildman–Crippen MR) is 45.1 cm³/mol. The molecule has 6 heteroatoms. The summed E-state index contributed by atoms with van der Waals surface area (Å²) in [7, 11) is 1.79. The number of hydrogen-bond acceptors (Lipinski definition) is 3. The Morgan fingerprint density at radius 3 is 2.83 bits per heavy atom. The van der Waals surface area contributed by atoms with Crippen LogP contribution in [0.15, 0.2) is 12.5 Å². The zero-order chi connectivity index (χ0) is 9.14. The van der Waals surface area contributed by atoms with E-state index in [1.54, 1.807) is 31.1 Å². The van der Waals surface area contributed by atoms with Gasteiger partial charge >= 0.3 is 0 Å². The summed E-state index contributed by atoms with van der Waals surface area (Å²) in [5.41, 5.74) is 0. The van der Waals surface area contributed by atoms with Crippen LogP contribution in [0.2, 0.25) is 0 Å². The number of rotatable bonds is 3. The predicted octanol–water partition coefficient (Wildman–Crippen LogP) is 0.0405. The van der Waals surface area contributed by atoms with Crippen LogP contribution >= 0.6 is 0 Å². The Morgan fingerprint density at radius 2 is 2.50 bits per heavy atom. The lowest BCUT2D eigenvalue weighted by atomic mass is 10.6. The molecule has 0 amide bonds. The van der Waals surface area contributed by atoms with Gasteiger partial charge in [-0.05, 0) is 6.92 Å². The van der Waals surface area contributed by atoms with Gasteiger partial charge in [-0.25, -0.2) is 4.98 Å². The highest BCUT2D eigenvalue weighted by molar-refractivity contribution is 7.80. The number of anilines is 1. The van der Waals surface area contributed by atoms with Gasteiger partial charge in [0.1, 0.15) is 0 Å². The van der Waals surface area contributed by atoms with E-state index >= 15 is 0 Å². The van der Waals surface area contributed by atoms with Crippen LogP contribution in [0.4, 0.5) is 5.82 Å². The van der Waals surface area contributed by atoms with Gasteiger partial charge in [-0.1, -0.05) is 0 Å². The van der Waals surface area contributed by atoms with Gasteiger partial charge in [0.05, 0.1) is 6.33 Å². The van der Waals surface area contributed by atoms with Gasteiger partial charge in [-0.2, -0.15) is 0 Å². The minimum atomic E-state index is -2.23. The lowest BCUT2D eigenvalue weighted by Gasteiger charge is -2.21. The van der Waals surface area contributed by atoms with Gasteiger partial charge in [-0.3, -0.25) is 8.51 Å². The highest BCUT2D eigenvalue weighted by Gasteiger charge is 2.05. The van der Waals surface area contributed by atoms with Crippen molar-refractivity contribution >= 4 is 17.1 Å². The van der Waals surface area contributed by atoms with Crippen molar-refractivity contribution in [3.63, 3.8) is 0 Å². The van der Waals surface area contributed by atoms with E-state index in [0.29, 0.717) is 12.4 Å². The largest absolute Gasteiger partial charge is 0.755 e. The molecule has 0 spiro atoms. The third-order valence-corrected chi connectivity index (χ3v) is 2.22. The fourth-order valence-electron chi connectivity index (χ4n) is 0.872. The summed E-state index contributed by atoms with van der Waals surface area (Å²) in [6.45, 7) is 2.15. The van der Waals surface area contributed by atoms with Gasteiger partial charge in [0, 0.05) is 31.1 Å². The molecule has 0 aliphatic rings. The molecule has 68 valence electrons. The minimum Gasteiger partial charge on any atom is -0.755 e. The molecule has 0 fully saturated rings. The van der Waals surface area contributed by atoms with E-state index in [9.17, 15) is 8.76 Å². The van der Waals surface area contributed by atoms with Crippen molar-refractivity contribution in [2.45, 2.75) is 6.92 Å². The molecule has 0 aliphatic heterocycles. The van der Waals surface area contributed by atoms with Crippen LogP contribution in [0.1, 0.15) is 6.92 Å². The maximum atomic E-state index is 10.6. The van der Waals surface area contributed by atoms with Crippen LogP contribution in [0.3, 0.4) is 0 Å². The minimum absolute atomic E-state index is 0.396. The number of aromatic nitrogens is 2. The fourth-order valence-corrected chi connectivity index (χ4v) is 1.33. The second-order valence-electron chi connectivity index (χ2n) is 2.31. The van der Waals surface area contributed by atoms with Gasteiger partial charge in [0.15, 0.2) is 5.82 Å². The Balaban J connectivity index is 2.87. The smallest absolute Gasteiger partial charge is 0.157 e. The average Bonchev–Trinajstić information content (AvgIpc) is 2.37. The van der Waals surface area contributed by atoms with E-state index in [1.165, 1.54) is 4.31 Å². The van der Waals surface area contributed by atoms with Gasteiger partial charge in [-0.15, -0.1) is 0 Å². The summed E-state index contributed by atoms with van der Waals surface area (Å²) < 4.78 is 24.1. The molecule has 0 aromatic carbocycles. The van der Waals surface area contributed by atoms with E-state index < -0.39 is 11.3 Å². The van der Waals surface area contributed by atoms with Crippen molar-refractivity contribution < 1.29 is 8.76 Å². The second kappa shape index (κ2) is 3.68. The Kier molecular flexibility index (Phi) is 2.83. The Labute approximate surface area is 73.4 Å². The molecule has 0 saturated heterocycles. The SMILES string of the molecule is CCN(c1cn(C)cn1)S(=O)[O-]. The third-order valence-electron chi connectivity index (χ3n) is 1.41. The van der Waals surface area contributed by atoms with Crippen molar-refractivity contribution in [1.29, 1.82) is 0 Å². The fraction of sp³-hybridized carbons (Fsp3) is 0.500. The number of nitrogens with zero attached hydrogens (tertiary/aromatic N) is 3. The quantitative estimate of drug-likeness (QED) is 0.629. The van der Waals surface area contributed by atoms with Crippen molar-refractivity contribution in [3.8, 4) is 0 Å². The van der Waals surface area contributed by atoms with E-state index in [1.807, 2.05) is 0 Å². The molecule has 0 aliphatic carbocycles. The van der Waals surface area contributed by atoms with Crippen LogP contribution in [0.5, 0.6) is 0 Å². The molecule has 0 bridgehead atoms. The first kappa shape index (κ1) is 9.21. The van der Waals surface area contributed by atoms with E-state index in [-0.39, 0.29) is 0 Å². The Bertz CT molecular complexity index is 286. The molecule has 1 rings (SSSR count). The van der Waals surface area contributed by atoms with Crippen molar-refractivity contribution in [2.75, 3.05) is 10.8 Å². The monoisotopic (exact) mass is 188 g/mol. The molecule has 1 aromatic rings. The lowest BCUT2D eigenvalue weighted by Crippen LogP contribution is -2.24. The first-order valence-electron chi connectivity index (χ1n) is 3.50. The van der Waals surface area contributed by atoms with Crippen molar-refractivity contribution in [2.24, 2.45) is 7.05 Å². The topological polar surface area (TPSA) is 61.2 Å². The lowest BCUT2D eigenvalue weighted by molar-refractivity contribution is 0.532. The number of hydrogen-bond donors (Lipinski definition) is 0. The molecule has 1 aromatic heterocycles. The van der Waals surface area contributed by atoms with Crippen LogP contribution in [-0.2, 0) is 18.3 Å². The first-order valence-corrected chi connectivity index (χ1v) is 4.53.